The highest BCUT2D eigenvalue weighted by atomic mass is 32.1. The summed E-state index contributed by atoms with van der Waals surface area (Å²) in [6.07, 6.45) is 0. The average Bonchev–Trinajstić information content (AvgIpc) is 2.85. The van der Waals surface area contributed by atoms with Gasteiger partial charge in [0.25, 0.3) is 5.91 Å². The summed E-state index contributed by atoms with van der Waals surface area (Å²) in [5, 5.41) is 6.44. The zero-order chi connectivity index (χ0) is 14.5. The Kier molecular flexibility index (Phi) is 4.40. The molecule has 3 N–H and O–H groups in total. The van der Waals surface area contributed by atoms with Crippen LogP contribution in [0.2, 0.25) is 0 Å². The summed E-state index contributed by atoms with van der Waals surface area (Å²) in [7, 11) is 0. The van der Waals surface area contributed by atoms with Crippen LogP contribution < -0.4 is 11.1 Å². The molecule has 0 fully saturated rings. The second kappa shape index (κ2) is 6.23. The molecule has 0 aliphatic heterocycles. The van der Waals surface area contributed by atoms with E-state index in [0.717, 1.165) is 11.5 Å². The van der Waals surface area contributed by atoms with Gasteiger partial charge in [-0.05, 0) is 36.7 Å². The molecular weight excluding hydrogens is 279 g/mol. The Morgan fingerprint density at radius 2 is 2.35 bits per heavy atom. The van der Waals surface area contributed by atoms with Crippen LogP contribution in [-0.4, -0.2) is 22.0 Å². The van der Waals surface area contributed by atoms with E-state index >= 15 is 0 Å². The molecule has 5 nitrogen and oxygen atoms in total. The number of rotatable bonds is 2. The van der Waals surface area contributed by atoms with E-state index in [2.05, 4.69) is 26.7 Å². The van der Waals surface area contributed by atoms with Crippen LogP contribution in [0.15, 0.2) is 18.2 Å². The third-order valence-electron chi connectivity index (χ3n) is 2.41. The number of amides is 1. The van der Waals surface area contributed by atoms with Crippen LogP contribution >= 0.6 is 11.5 Å². The minimum absolute atomic E-state index is 0.155. The van der Waals surface area contributed by atoms with Gasteiger partial charge < -0.3 is 11.1 Å². The first kappa shape index (κ1) is 14.1. The number of anilines is 1. The third kappa shape index (κ3) is 3.17. The molecule has 0 saturated carbocycles. The van der Waals surface area contributed by atoms with Gasteiger partial charge in [0.2, 0.25) is 0 Å². The van der Waals surface area contributed by atoms with Crippen LogP contribution in [0.3, 0.4) is 0 Å². The number of nitrogens with zero attached hydrogens (tertiary/aromatic N) is 2. The summed E-state index contributed by atoms with van der Waals surface area (Å²) in [6, 6.07) is 3.95. The molecule has 0 aliphatic carbocycles. The van der Waals surface area contributed by atoms with Gasteiger partial charge in [0, 0.05) is 0 Å². The standard InChI is InChI=1S/C13H11FN4OS/c1-8-12(20-18-17-8)13(19)16-11-5-4-10(14)7-9(11)3-2-6-15/h4-5,7H,6,15H2,1H3,(H,16,19). The number of benzene rings is 1. The molecule has 0 bridgehead atoms. The van der Waals surface area contributed by atoms with Crippen molar-refractivity contribution in [2.24, 2.45) is 5.73 Å². The second-order valence-electron chi connectivity index (χ2n) is 3.84. The maximum absolute atomic E-state index is 13.2. The first-order valence-electron chi connectivity index (χ1n) is 5.70. The van der Waals surface area contributed by atoms with E-state index in [1.807, 2.05) is 0 Å². The Bertz CT molecular complexity index is 702. The Hall–Kier alpha value is -2.30. The monoisotopic (exact) mass is 290 g/mol. The largest absolute Gasteiger partial charge is 0.320 e. The molecule has 1 amide bonds. The summed E-state index contributed by atoms with van der Waals surface area (Å²) < 4.78 is 16.9. The number of hydrogen-bond acceptors (Lipinski definition) is 5. The van der Waals surface area contributed by atoms with Crippen molar-refractivity contribution in [2.75, 3.05) is 11.9 Å². The lowest BCUT2D eigenvalue weighted by molar-refractivity contribution is 0.102. The van der Waals surface area contributed by atoms with Crippen molar-refractivity contribution in [3.8, 4) is 11.8 Å². The summed E-state index contributed by atoms with van der Waals surface area (Å²) >= 11 is 1.00. The number of halogens is 1. The quantitative estimate of drug-likeness (QED) is 0.822. The molecule has 1 heterocycles. The third-order valence-corrected chi connectivity index (χ3v) is 3.24. The average molecular weight is 290 g/mol. The van der Waals surface area contributed by atoms with Gasteiger partial charge in [-0.3, -0.25) is 4.79 Å². The minimum Gasteiger partial charge on any atom is -0.320 e. The summed E-state index contributed by atoms with van der Waals surface area (Å²) in [5.74, 6) is 4.57. The number of nitrogens with two attached hydrogens (primary N) is 1. The van der Waals surface area contributed by atoms with E-state index < -0.39 is 5.82 Å². The van der Waals surface area contributed by atoms with Gasteiger partial charge in [0.1, 0.15) is 10.7 Å². The second-order valence-corrected chi connectivity index (χ2v) is 4.59. The molecule has 0 spiro atoms. The Labute approximate surface area is 119 Å². The Morgan fingerprint density at radius 3 is 3.00 bits per heavy atom. The van der Waals surface area contributed by atoms with Crippen molar-refractivity contribution in [2.45, 2.75) is 6.92 Å². The van der Waals surface area contributed by atoms with E-state index in [1.54, 1.807) is 6.92 Å². The van der Waals surface area contributed by atoms with E-state index in [9.17, 15) is 9.18 Å². The van der Waals surface area contributed by atoms with Gasteiger partial charge >= 0.3 is 0 Å². The maximum atomic E-state index is 13.2. The van der Waals surface area contributed by atoms with Crippen LogP contribution in [0.25, 0.3) is 0 Å². The van der Waals surface area contributed by atoms with Gasteiger partial charge in [-0.1, -0.05) is 16.3 Å². The fourth-order valence-corrected chi connectivity index (χ4v) is 2.05. The Morgan fingerprint density at radius 1 is 1.55 bits per heavy atom. The summed E-state index contributed by atoms with van der Waals surface area (Å²) in [4.78, 5) is 12.5. The summed E-state index contributed by atoms with van der Waals surface area (Å²) in [6.45, 7) is 1.85. The van der Waals surface area contributed by atoms with Gasteiger partial charge in [0.05, 0.1) is 23.5 Å². The lowest BCUT2D eigenvalue weighted by Gasteiger charge is -2.06. The van der Waals surface area contributed by atoms with Crippen LogP contribution in [0.1, 0.15) is 20.9 Å². The highest BCUT2D eigenvalue weighted by Gasteiger charge is 2.14. The number of aryl methyl sites for hydroxylation is 1. The fourth-order valence-electron chi connectivity index (χ4n) is 1.49. The van der Waals surface area contributed by atoms with Crippen molar-refractivity contribution < 1.29 is 9.18 Å². The molecule has 1 aromatic carbocycles. The fraction of sp³-hybridized carbons (Fsp3) is 0.154. The SMILES string of the molecule is Cc1nnsc1C(=O)Nc1ccc(F)cc1C#CCN. The van der Waals surface area contributed by atoms with Gasteiger partial charge in [-0.25, -0.2) is 4.39 Å². The smallest absolute Gasteiger partial charge is 0.269 e. The highest BCUT2D eigenvalue weighted by Crippen LogP contribution is 2.18. The first-order valence-corrected chi connectivity index (χ1v) is 6.48. The van der Waals surface area contributed by atoms with E-state index in [0.29, 0.717) is 21.8 Å². The zero-order valence-corrected chi connectivity index (χ0v) is 11.4. The zero-order valence-electron chi connectivity index (χ0n) is 10.6. The van der Waals surface area contributed by atoms with Crippen LogP contribution in [0, 0.1) is 24.6 Å². The van der Waals surface area contributed by atoms with E-state index in [4.69, 9.17) is 5.73 Å². The van der Waals surface area contributed by atoms with Gasteiger partial charge in [-0.2, -0.15) is 0 Å². The van der Waals surface area contributed by atoms with Crippen molar-refractivity contribution >= 4 is 23.1 Å². The number of carbonyl (C=O) groups excluding carboxylic acids is 1. The number of nitrogens with one attached hydrogen (secondary N) is 1. The molecule has 0 saturated heterocycles. The molecule has 102 valence electrons. The van der Waals surface area contributed by atoms with Crippen molar-refractivity contribution in [1.29, 1.82) is 0 Å². The predicted octanol–water partition coefficient (Wildman–Crippen LogP) is 1.55. The maximum Gasteiger partial charge on any atom is 0.269 e. The molecule has 0 unspecified atom stereocenters. The first-order chi connectivity index (χ1) is 9.61. The van der Waals surface area contributed by atoms with Crippen molar-refractivity contribution in [1.82, 2.24) is 9.59 Å². The number of hydrogen-bond donors (Lipinski definition) is 2. The Balaban J connectivity index is 2.29. The molecule has 2 rings (SSSR count). The topological polar surface area (TPSA) is 80.9 Å². The van der Waals surface area contributed by atoms with Crippen LogP contribution in [0.4, 0.5) is 10.1 Å². The van der Waals surface area contributed by atoms with Crippen molar-refractivity contribution in [3.05, 3.63) is 40.2 Å². The molecule has 1 aromatic heterocycles. The minimum atomic E-state index is -0.431. The highest BCUT2D eigenvalue weighted by molar-refractivity contribution is 7.08. The lowest BCUT2D eigenvalue weighted by atomic mass is 10.1. The molecule has 0 aliphatic rings. The molecule has 2 aromatic rings. The molecule has 0 radical (unpaired) electrons. The summed E-state index contributed by atoms with van der Waals surface area (Å²) in [5.41, 5.74) is 6.63. The van der Waals surface area contributed by atoms with Gasteiger partial charge in [0.15, 0.2) is 0 Å². The molecule has 0 atom stereocenters. The molecule has 7 heteroatoms. The molecular formula is C13H11FN4OS. The normalized spacial score (nSPS) is 9.75. The van der Waals surface area contributed by atoms with E-state index in [1.165, 1.54) is 18.2 Å². The molecule has 20 heavy (non-hydrogen) atoms. The lowest BCUT2D eigenvalue weighted by Crippen LogP contribution is -2.12. The van der Waals surface area contributed by atoms with Gasteiger partial charge in [-0.15, -0.1) is 5.10 Å². The predicted molar refractivity (Wildman–Crippen MR) is 74.9 cm³/mol. The van der Waals surface area contributed by atoms with E-state index in [-0.39, 0.29) is 12.5 Å². The van der Waals surface area contributed by atoms with Crippen LogP contribution in [-0.2, 0) is 0 Å². The number of carbonyl (C=O) groups is 1. The van der Waals surface area contributed by atoms with Crippen LogP contribution in [0.5, 0.6) is 0 Å². The number of aromatic nitrogens is 2. The van der Waals surface area contributed by atoms with Crippen molar-refractivity contribution in [3.63, 3.8) is 0 Å².